The van der Waals surface area contributed by atoms with Gasteiger partial charge in [0.15, 0.2) is 0 Å². The van der Waals surface area contributed by atoms with Crippen molar-refractivity contribution in [3.8, 4) is 33.2 Å². The van der Waals surface area contributed by atoms with Gasteiger partial charge in [-0.05, 0) is 54.3 Å². The molecule has 6 rings (SSSR count). The fourth-order valence-corrected chi connectivity index (χ4v) is 5.77. The Labute approximate surface area is 223 Å². The largest absolute Gasteiger partial charge is 0.389 e. The first-order valence-corrected chi connectivity index (χ1v) is 14.6. The summed E-state index contributed by atoms with van der Waals surface area (Å²) >= 11 is 1.57. The lowest BCUT2D eigenvalue weighted by atomic mass is 9.85. The lowest BCUT2D eigenvalue weighted by Gasteiger charge is -2.17. The number of aryl methyl sites for hydroxylation is 1. The van der Waals surface area contributed by atoms with Crippen LogP contribution in [0.3, 0.4) is 0 Å². The molecule has 0 saturated carbocycles. The van der Waals surface area contributed by atoms with Gasteiger partial charge < -0.3 is 0 Å². The first-order chi connectivity index (χ1) is 18.0. The molecular weight excluding hydrogens is 554 g/mol. The summed E-state index contributed by atoms with van der Waals surface area (Å²) < 4.78 is 73.9. The van der Waals surface area contributed by atoms with Gasteiger partial charge in [-0.3, -0.25) is 4.55 Å². The molecule has 0 unspecified atom stereocenters. The van der Waals surface area contributed by atoms with E-state index in [1.807, 2.05) is 42.5 Å². The maximum atomic E-state index is 11.5. The summed E-state index contributed by atoms with van der Waals surface area (Å²) in [6.45, 7) is 0. The molecule has 0 spiro atoms. The predicted octanol–water partition coefficient (Wildman–Crippen LogP) is 1.76. The van der Waals surface area contributed by atoms with E-state index in [0.717, 1.165) is 56.1 Å². The van der Waals surface area contributed by atoms with Crippen LogP contribution in [0, 0.1) is 10.2 Å². The Morgan fingerprint density at radius 2 is 1.53 bits per heavy atom. The molecule has 0 fully saturated rings. The van der Waals surface area contributed by atoms with Gasteiger partial charge in [-0.15, -0.1) is 21.6 Å². The molecule has 0 amide bonds. The van der Waals surface area contributed by atoms with Gasteiger partial charge in [-0.25, -0.2) is 28.0 Å². The van der Waals surface area contributed by atoms with Crippen molar-refractivity contribution in [2.24, 2.45) is 0 Å². The topological polar surface area (TPSA) is 171 Å². The highest BCUT2D eigenvalue weighted by Gasteiger charge is 2.33. The number of thiazole rings is 1. The van der Waals surface area contributed by atoms with Gasteiger partial charge >= 0.3 is 11.5 Å². The molecule has 1 aliphatic rings. The zero-order chi connectivity index (χ0) is 27.1. The zero-order valence-corrected chi connectivity index (χ0v) is 21.8. The van der Waals surface area contributed by atoms with Crippen LogP contribution >= 0.6 is 11.3 Å². The summed E-state index contributed by atoms with van der Waals surface area (Å²) in [7, 11) is -9.20. The predicted molar refractivity (Wildman–Crippen MR) is 130 cm³/mol. The van der Waals surface area contributed by atoms with Crippen molar-refractivity contribution >= 4 is 31.7 Å². The zero-order valence-electron chi connectivity index (χ0n) is 19.4. The van der Waals surface area contributed by atoms with Crippen molar-refractivity contribution in [2.75, 3.05) is 0 Å². The first kappa shape index (κ1) is 26.4. The third kappa shape index (κ3) is 5.75. The third-order valence-corrected chi connectivity index (χ3v) is 7.88. The Hall–Kier alpha value is -3.26. The summed E-state index contributed by atoms with van der Waals surface area (Å²) in [5.41, 5.74) is 6.14. The number of halogens is 1. The molecule has 38 heavy (non-hydrogen) atoms. The van der Waals surface area contributed by atoms with Crippen LogP contribution in [0.4, 0.5) is 0 Å². The molecule has 0 aliphatic heterocycles. The monoisotopic (exact) mass is 571 g/mol. The average molecular weight is 572 g/mol. The first-order valence-electron chi connectivity index (χ1n) is 11.1. The van der Waals surface area contributed by atoms with Crippen LogP contribution < -0.4 is 18.6 Å². The molecule has 1 N–H and O–H groups in total. The van der Waals surface area contributed by atoms with Crippen LogP contribution in [0.1, 0.15) is 11.1 Å². The number of nitrogens with zero attached hydrogens (tertiary/aromatic N) is 1. The Kier molecular flexibility index (Phi) is 7.03. The maximum absolute atomic E-state index is 11.5. The molecule has 2 heterocycles. The number of rotatable bonds is 3. The van der Waals surface area contributed by atoms with Gasteiger partial charge in [0.1, 0.15) is 0 Å². The molecule has 9 nitrogen and oxygen atoms in total. The highest BCUT2D eigenvalue weighted by Crippen LogP contribution is 2.43. The quantitative estimate of drug-likeness (QED) is 0.250. The van der Waals surface area contributed by atoms with Gasteiger partial charge in [0.25, 0.3) is 10.1 Å². The van der Waals surface area contributed by atoms with E-state index < -0.39 is 20.4 Å². The molecule has 0 atom stereocenters. The summed E-state index contributed by atoms with van der Waals surface area (Å²) in [4.78, 5) is 4.65. The number of hydrogen-bond donors (Lipinski definition) is 1. The second-order valence-electron chi connectivity index (χ2n) is 8.35. The SMILES string of the molecule is O=S(=O)(O)c1ccc(-c2cc(-c3nc4ccccc4s3)[o+]c3c2CCc2ccccc2-3)cc1.[O-][Cl+3]([O-])([O-])[O-]. The maximum Gasteiger partial charge on any atom is 0.389 e. The van der Waals surface area contributed by atoms with Crippen molar-refractivity contribution in [3.63, 3.8) is 0 Å². The summed E-state index contributed by atoms with van der Waals surface area (Å²) in [6.07, 6.45) is 1.71. The van der Waals surface area contributed by atoms with Crippen molar-refractivity contribution in [1.82, 2.24) is 4.98 Å². The minimum absolute atomic E-state index is 0.127. The van der Waals surface area contributed by atoms with E-state index in [2.05, 4.69) is 12.1 Å². The van der Waals surface area contributed by atoms with Gasteiger partial charge in [0, 0.05) is 5.56 Å². The number of benzene rings is 3. The second kappa shape index (κ2) is 10.1. The van der Waals surface area contributed by atoms with Crippen molar-refractivity contribution < 1.29 is 46.3 Å². The summed E-state index contributed by atoms with van der Waals surface area (Å²) in [5.74, 6) is 1.49. The molecule has 2 aromatic heterocycles. The van der Waals surface area contributed by atoms with Crippen LogP contribution in [0.5, 0.6) is 0 Å². The Balaban J connectivity index is 0.000000540. The van der Waals surface area contributed by atoms with Gasteiger partial charge in [-0.1, -0.05) is 42.5 Å². The molecule has 0 saturated heterocycles. The molecule has 5 aromatic rings. The smallest absolute Gasteiger partial charge is 0.282 e. The number of aromatic nitrogens is 1. The van der Waals surface area contributed by atoms with Crippen molar-refractivity contribution in [2.45, 2.75) is 17.7 Å². The van der Waals surface area contributed by atoms with Gasteiger partial charge in [-0.2, -0.15) is 8.42 Å². The van der Waals surface area contributed by atoms with E-state index in [4.69, 9.17) is 28.0 Å². The molecule has 1 aliphatic carbocycles. The molecule has 0 radical (unpaired) electrons. The number of para-hydroxylation sites is 1. The van der Waals surface area contributed by atoms with Crippen molar-refractivity contribution in [1.29, 1.82) is 0 Å². The number of fused-ring (bicyclic) bond motifs is 4. The molecule has 12 heteroatoms. The van der Waals surface area contributed by atoms with Crippen LogP contribution in [-0.4, -0.2) is 18.0 Å². The van der Waals surface area contributed by atoms with E-state index in [9.17, 15) is 13.0 Å². The Morgan fingerprint density at radius 3 is 2.21 bits per heavy atom. The Bertz CT molecular complexity index is 1710. The minimum atomic E-state index is -4.94. The lowest BCUT2D eigenvalue weighted by Crippen LogP contribution is -2.68. The van der Waals surface area contributed by atoms with Crippen LogP contribution in [0.2, 0.25) is 0 Å². The third-order valence-electron chi connectivity index (χ3n) is 5.96. The van der Waals surface area contributed by atoms with Gasteiger partial charge in [0.2, 0.25) is 5.01 Å². The Morgan fingerprint density at radius 1 is 0.868 bits per heavy atom. The lowest BCUT2D eigenvalue weighted by molar-refractivity contribution is -2.00. The van der Waals surface area contributed by atoms with E-state index in [-0.39, 0.29) is 4.90 Å². The minimum Gasteiger partial charge on any atom is -0.282 e. The summed E-state index contributed by atoms with van der Waals surface area (Å²) in [6, 6.07) is 24.5. The molecule has 194 valence electrons. The fourth-order valence-electron chi connectivity index (χ4n) is 4.37. The van der Waals surface area contributed by atoms with Crippen LogP contribution in [-0.2, 0) is 23.0 Å². The van der Waals surface area contributed by atoms with Crippen LogP contribution in [0.25, 0.3) is 43.4 Å². The van der Waals surface area contributed by atoms with Crippen LogP contribution in [0.15, 0.2) is 88.2 Å². The average Bonchev–Trinajstić information content (AvgIpc) is 3.31. The second-order valence-corrected chi connectivity index (χ2v) is 11.6. The molecule has 0 bridgehead atoms. The standard InChI is InChI=1S/C26H17NO4S2.ClHO4/c28-33(29,30)18-12-9-17(10-13-18)21-15-23(26-27-22-7-3-4-8-24(22)32-26)31-25-19-6-2-1-5-16(19)11-14-20(21)25;2-1(3,4)5/h1-10,12-13,15H,11,14H2;(H,2,3,4,5). The van der Waals surface area contributed by atoms with E-state index in [0.29, 0.717) is 5.76 Å². The normalized spacial score (nSPS) is 12.9. The summed E-state index contributed by atoms with van der Waals surface area (Å²) in [5, 5.41) is 0.790. The van der Waals surface area contributed by atoms with E-state index >= 15 is 0 Å². The highest BCUT2D eigenvalue weighted by molar-refractivity contribution is 7.85. The number of hydrogen-bond acceptors (Lipinski definition) is 8. The fraction of sp³-hybridized carbons (Fsp3) is 0.0769. The van der Waals surface area contributed by atoms with E-state index in [1.165, 1.54) is 17.7 Å². The van der Waals surface area contributed by atoms with E-state index in [1.54, 1.807) is 23.5 Å². The molecule has 3 aromatic carbocycles. The van der Waals surface area contributed by atoms with Gasteiger partial charge in [0.05, 0.1) is 32.3 Å². The molecular formula is C26H18ClNO8S2. The van der Waals surface area contributed by atoms with Crippen molar-refractivity contribution in [3.05, 3.63) is 90.0 Å². The highest BCUT2D eigenvalue weighted by atomic mass is 35.7.